The molecular weight excluding hydrogens is 218 g/mol. The van der Waals surface area contributed by atoms with Crippen molar-refractivity contribution in [3.63, 3.8) is 0 Å². The molecule has 4 heteroatoms. The Hall–Kier alpha value is -1.42. The van der Waals surface area contributed by atoms with E-state index in [0.29, 0.717) is 11.4 Å². The van der Waals surface area contributed by atoms with Crippen LogP contribution in [-0.2, 0) is 10.2 Å². The van der Waals surface area contributed by atoms with E-state index in [-0.39, 0.29) is 12.2 Å². The van der Waals surface area contributed by atoms with Crippen LogP contribution in [0.3, 0.4) is 0 Å². The second-order valence-electron chi connectivity index (χ2n) is 4.89. The van der Waals surface area contributed by atoms with E-state index in [0.717, 1.165) is 11.3 Å². The first kappa shape index (κ1) is 13.6. The van der Waals surface area contributed by atoms with Crippen molar-refractivity contribution in [2.24, 2.45) is 0 Å². The molecule has 0 atom stereocenters. The van der Waals surface area contributed by atoms with Gasteiger partial charge in [-0.25, -0.2) is 0 Å². The Bertz CT molecular complexity index is 383. The summed E-state index contributed by atoms with van der Waals surface area (Å²) in [6, 6.07) is 3.70. The highest BCUT2D eigenvalue weighted by Gasteiger charge is 2.22. The van der Waals surface area contributed by atoms with Crippen LogP contribution in [0.4, 0.5) is 5.69 Å². The van der Waals surface area contributed by atoms with Gasteiger partial charge < -0.3 is 19.9 Å². The molecule has 1 rings (SSSR count). The Morgan fingerprint density at radius 2 is 1.82 bits per heavy atom. The van der Waals surface area contributed by atoms with Gasteiger partial charge in [0.05, 0.1) is 12.8 Å². The molecule has 4 nitrogen and oxygen atoms in total. The summed E-state index contributed by atoms with van der Waals surface area (Å²) in [7, 11) is 3.20. The van der Waals surface area contributed by atoms with E-state index in [1.54, 1.807) is 20.3 Å². The highest BCUT2D eigenvalue weighted by atomic mass is 16.7. The zero-order chi connectivity index (χ0) is 13.1. The van der Waals surface area contributed by atoms with Gasteiger partial charge in [0.1, 0.15) is 11.5 Å². The van der Waals surface area contributed by atoms with Gasteiger partial charge >= 0.3 is 0 Å². The third-order valence-electron chi connectivity index (χ3n) is 2.46. The Balaban J connectivity index is 3.25. The van der Waals surface area contributed by atoms with Crippen LogP contribution in [0.1, 0.15) is 26.3 Å². The van der Waals surface area contributed by atoms with Crippen molar-refractivity contribution in [2.75, 3.05) is 26.7 Å². The lowest BCUT2D eigenvalue weighted by Gasteiger charge is -2.24. The molecule has 0 amide bonds. The molecule has 0 aliphatic heterocycles. The molecule has 2 N–H and O–H groups in total. The predicted octanol–water partition coefficient (Wildman–Crippen LogP) is 2.56. The third kappa shape index (κ3) is 3.27. The number of benzene rings is 1. The van der Waals surface area contributed by atoms with Crippen molar-refractivity contribution >= 4 is 5.69 Å². The highest BCUT2D eigenvalue weighted by molar-refractivity contribution is 5.62. The third-order valence-corrected chi connectivity index (χ3v) is 2.46. The topological polar surface area (TPSA) is 53.7 Å². The molecule has 0 fully saturated rings. The van der Waals surface area contributed by atoms with Crippen LogP contribution in [0.25, 0.3) is 0 Å². The minimum atomic E-state index is -0.0776. The van der Waals surface area contributed by atoms with Gasteiger partial charge in [-0.3, -0.25) is 0 Å². The second-order valence-corrected chi connectivity index (χ2v) is 4.89. The number of nitrogens with two attached hydrogens (primary N) is 1. The van der Waals surface area contributed by atoms with Crippen LogP contribution in [-0.4, -0.2) is 21.0 Å². The summed E-state index contributed by atoms with van der Waals surface area (Å²) >= 11 is 0. The van der Waals surface area contributed by atoms with E-state index in [1.165, 1.54) is 0 Å². The quantitative estimate of drug-likeness (QED) is 0.648. The zero-order valence-corrected chi connectivity index (χ0v) is 11.2. The smallest absolute Gasteiger partial charge is 0.188 e. The average Bonchev–Trinajstić information content (AvgIpc) is 2.25. The fourth-order valence-corrected chi connectivity index (χ4v) is 1.58. The molecule has 0 aliphatic rings. The highest BCUT2D eigenvalue weighted by Crippen LogP contribution is 2.39. The van der Waals surface area contributed by atoms with E-state index in [1.807, 2.05) is 6.07 Å². The van der Waals surface area contributed by atoms with E-state index in [2.05, 4.69) is 20.8 Å². The van der Waals surface area contributed by atoms with Gasteiger partial charge in [0.15, 0.2) is 6.79 Å². The molecule has 0 aliphatic carbocycles. The first-order valence-electron chi connectivity index (χ1n) is 5.50. The number of hydrogen-bond acceptors (Lipinski definition) is 4. The number of rotatable bonds is 4. The Kier molecular flexibility index (Phi) is 4.23. The van der Waals surface area contributed by atoms with Gasteiger partial charge in [-0.05, 0) is 11.5 Å². The first-order chi connectivity index (χ1) is 7.90. The molecule has 17 heavy (non-hydrogen) atoms. The maximum Gasteiger partial charge on any atom is 0.188 e. The summed E-state index contributed by atoms with van der Waals surface area (Å²) in [5.74, 6) is 1.40. The fourth-order valence-electron chi connectivity index (χ4n) is 1.58. The predicted molar refractivity (Wildman–Crippen MR) is 68.6 cm³/mol. The summed E-state index contributed by atoms with van der Waals surface area (Å²) in [4.78, 5) is 0. The lowest BCUT2D eigenvalue weighted by Crippen LogP contribution is -2.15. The van der Waals surface area contributed by atoms with Crippen LogP contribution >= 0.6 is 0 Å². The molecule has 1 aromatic rings. The van der Waals surface area contributed by atoms with Crippen LogP contribution in [0.2, 0.25) is 0 Å². The van der Waals surface area contributed by atoms with E-state index in [9.17, 15) is 0 Å². The van der Waals surface area contributed by atoms with Gasteiger partial charge in [0, 0.05) is 18.7 Å². The summed E-state index contributed by atoms with van der Waals surface area (Å²) in [6.07, 6.45) is 0. The summed E-state index contributed by atoms with van der Waals surface area (Å²) in [6.45, 7) is 6.47. The van der Waals surface area contributed by atoms with E-state index < -0.39 is 0 Å². The largest absolute Gasteiger partial charge is 0.497 e. The van der Waals surface area contributed by atoms with Crippen molar-refractivity contribution in [1.29, 1.82) is 0 Å². The molecule has 0 unspecified atom stereocenters. The Morgan fingerprint density at radius 3 is 2.29 bits per heavy atom. The summed E-state index contributed by atoms with van der Waals surface area (Å²) in [5.41, 5.74) is 7.46. The molecule has 0 aromatic heterocycles. The number of methoxy groups -OCH3 is 2. The number of ether oxygens (including phenoxy) is 3. The molecule has 0 saturated carbocycles. The minimum Gasteiger partial charge on any atom is -0.497 e. The van der Waals surface area contributed by atoms with Crippen LogP contribution in [0, 0.1) is 0 Å². The molecule has 0 saturated heterocycles. The zero-order valence-electron chi connectivity index (χ0n) is 11.2. The molecule has 0 heterocycles. The van der Waals surface area contributed by atoms with Gasteiger partial charge in [-0.15, -0.1) is 0 Å². The molecule has 0 bridgehead atoms. The molecule has 0 spiro atoms. The summed E-state index contributed by atoms with van der Waals surface area (Å²) in [5, 5.41) is 0. The van der Waals surface area contributed by atoms with Crippen molar-refractivity contribution < 1.29 is 14.2 Å². The molecular formula is C13H21NO3. The lowest BCUT2D eigenvalue weighted by molar-refractivity contribution is 0.0503. The molecule has 0 radical (unpaired) electrons. The van der Waals surface area contributed by atoms with Crippen LogP contribution in [0.5, 0.6) is 11.5 Å². The monoisotopic (exact) mass is 239 g/mol. The van der Waals surface area contributed by atoms with Crippen molar-refractivity contribution in [1.82, 2.24) is 0 Å². The average molecular weight is 239 g/mol. The van der Waals surface area contributed by atoms with Gasteiger partial charge in [0.2, 0.25) is 0 Å². The fraction of sp³-hybridized carbons (Fsp3) is 0.538. The van der Waals surface area contributed by atoms with Crippen LogP contribution in [0.15, 0.2) is 12.1 Å². The first-order valence-corrected chi connectivity index (χ1v) is 5.50. The number of hydrogen-bond donors (Lipinski definition) is 1. The van der Waals surface area contributed by atoms with Crippen molar-refractivity contribution in [2.45, 2.75) is 26.2 Å². The van der Waals surface area contributed by atoms with Crippen LogP contribution < -0.4 is 15.2 Å². The number of nitrogen functional groups attached to an aromatic ring is 1. The maximum atomic E-state index is 5.97. The van der Waals surface area contributed by atoms with E-state index >= 15 is 0 Å². The normalized spacial score (nSPS) is 11.4. The summed E-state index contributed by atoms with van der Waals surface area (Å²) < 4.78 is 15.7. The Labute approximate surface area is 103 Å². The maximum absolute atomic E-state index is 5.97. The molecule has 1 aromatic carbocycles. The SMILES string of the molecule is COCOc1c(N)cc(OC)cc1C(C)(C)C. The van der Waals surface area contributed by atoms with Gasteiger partial charge in [-0.1, -0.05) is 20.8 Å². The minimum absolute atomic E-state index is 0.0776. The lowest BCUT2D eigenvalue weighted by atomic mass is 9.86. The van der Waals surface area contributed by atoms with Crippen molar-refractivity contribution in [3.8, 4) is 11.5 Å². The Morgan fingerprint density at radius 1 is 1.18 bits per heavy atom. The second kappa shape index (κ2) is 5.27. The number of anilines is 1. The van der Waals surface area contributed by atoms with Crippen molar-refractivity contribution in [3.05, 3.63) is 17.7 Å². The molecule has 96 valence electrons. The van der Waals surface area contributed by atoms with E-state index in [4.69, 9.17) is 19.9 Å². The van der Waals surface area contributed by atoms with Gasteiger partial charge in [0.25, 0.3) is 0 Å². The standard InChI is InChI=1S/C13H21NO3/c1-13(2,3)10-6-9(16-5)7-11(14)12(10)17-8-15-4/h6-7H,8,14H2,1-5H3. The van der Waals surface area contributed by atoms with Gasteiger partial charge in [-0.2, -0.15) is 0 Å².